The third kappa shape index (κ3) is 1.21. The number of hydrogen-bond donors (Lipinski definition) is 1. The molecule has 0 radical (unpaired) electrons. The van der Waals surface area contributed by atoms with Gasteiger partial charge in [-0.05, 0) is 24.6 Å². The van der Waals surface area contributed by atoms with E-state index in [1.165, 1.54) is 12.1 Å². The van der Waals surface area contributed by atoms with Crippen LogP contribution < -0.4 is 5.73 Å². The van der Waals surface area contributed by atoms with E-state index in [0.29, 0.717) is 4.90 Å². The molecule has 70 valence electrons. The molecule has 1 heterocycles. The Kier molecular flexibility index (Phi) is 1.96. The molecule has 2 rings (SSSR count). The lowest BCUT2D eigenvalue weighted by Gasteiger charge is -2.07. The molecule has 0 aliphatic carbocycles. The molecule has 0 bridgehead atoms. The fourth-order valence-corrected chi connectivity index (χ4v) is 3.02. The number of nitrogens with two attached hydrogens (primary N) is 1. The highest BCUT2D eigenvalue weighted by atomic mass is 32.2. The van der Waals surface area contributed by atoms with Crippen molar-refractivity contribution in [2.24, 2.45) is 5.73 Å². The maximum Gasteiger partial charge on any atom is 0.124 e. The second kappa shape index (κ2) is 2.89. The molecule has 0 saturated carbocycles. The summed E-state index contributed by atoms with van der Waals surface area (Å²) in [5.74, 6) is -0.353. The van der Waals surface area contributed by atoms with Crippen molar-refractivity contribution in [2.75, 3.05) is 0 Å². The zero-order valence-electron chi connectivity index (χ0n) is 7.16. The minimum Gasteiger partial charge on any atom is -0.323 e. The van der Waals surface area contributed by atoms with E-state index < -0.39 is 10.8 Å². The number of rotatable bonds is 0. The van der Waals surface area contributed by atoms with E-state index in [4.69, 9.17) is 5.73 Å². The second-order valence-corrected chi connectivity index (χ2v) is 4.99. The third-order valence-corrected chi connectivity index (χ3v) is 4.15. The second-order valence-electron chi connectivity index (χ2n) is 3.21. The first kappa shape index (κ1) is 8.84. The zero-order valence-corrected chi connectivity index (χ0v) is 7.98. The van der Waals surface area contributed by atoms with Crippen molar-refractivity contribution in [1.82, 2.24) is 0 Å². The van der Waals surface area contributed by atoms with Crippen LogP contribution in [0.25, 0.3) is 0 Å². The summed E-state index contributed by atoms with van der Waals surface area (Å²) in [5, 5.41) is -0.114. The summed E-state index contributed by atoms with van der Waals surface area (Å²) in [6.45, 7) is 1.82. The largest absolute Gasteiger partial charge is 0.323 e. The van der Waals surface area contributed by atoms with Gasteiger partial charge in [-0.1, -0.05) is 6.07 Å². The molecule has 1 aliphatic heterocycles. The van der Waals surface area contributed by atoms with Gasteiger partial charge >= 0.3 is 0 Å². The first-order chi connectivity index (χ1) is 6.11. The van der Waals surface area contributed by atoms with Crippen molar-refractivity contribution in [3.05, 3.63) is 29.6 Å². The smallest absolute Gasteiger partial charge is 0.124 e. The first-order valence-electron chi connectivity index (χ1n) is 4.07. The fraction of sp³-hybridized carbons (Fsp3) is 0.333. The van der Waals surface area contributed by atoms with E-state index in [1.807, 2.05) is 6.92 Å². The Morgan fingerprint density at radius 2 is 2.23 bits per heavy atom. The van der Waals surface area contributed by atoms with Crippen LogP contribution >= 0.6 is 0 Å². The van der Waals surface area contributed by atoms with Crippen LogP contribution in [0.4, 0.5) is 4.39 Å². The lowest BCUT2D eigenvalue weighted by molar-refractivity contribution is 0.620. The van der Waals surface area contributed by atoms with Gasteiger partial charge in [0.05, 0.1) is 16.0 Å². The lowest BCUT2D eigenvalue weighted by atomic mass is 10.1. The molecule has 13 heavy (non-hydrogen) atoms. The molecular weight excluding hydrogens is 189 g/mol. The van der Waals surface area contributed by atoms with Gasteiger partial charge in [-0.2, -0.15) is 0 Å². The van der Waals surface area contributed by atoms with E-state index in [0.717, 1.165) is 5.56 Å². The van der Waals surface area contributed by atoms with E-state index in [9.17, 15) is 8.60 Å². The first-order valence-corrected chi connectivity index (χ1v) is 5.28. The monoisotopic (exact) mass is 199 g/mol. The van der Waals surface area contributed by atoms with Gasteiger partial charge in [-0.15, -0.1) is 0 Å². The molecule has 1 aromatic rings. The molecule has 0 fully saturated rings. The average molecular weight is 199 g/mol. The molecule has 0 aromatic heterocycles. The van der Waals surface area contributed by atoms with Crippen LogP contribution in [-0.2, 0) is 10.8 Å². The van der Waals surface area contributed by atoms with Gasteiger partial charge in [0.15, 0.2) is 0 Å². The Bertz CT molecular complexity index is 380. The highest BCUT2D eigenvalue weighted by Crippen LogP contribution is 2.34. The minimum atomic E-state index is -1.15. The maximum absolute atomic E-state index is 12.8. The van der Waals surface area contributed by atoms with E-state index in [2.05, 4.69) is 0 Å². The maximum atomic E-state index is 12.8. The van der Waals surface area contributed by atoms with E-state index in [-0.39, 0.29) is 17.1 Å². The van der Waals surface area contributed by atoms with Crippen molar-refractivity contribution in [3.8, 4) is 0 Å². The Hall–Kier alpha value is -0.740. The Morgan fingerprint density at radius 1 is 1.54 bits per heavy atom. The molecule has 4 heteroatoms. The number of fused-ring (bicyclic) bond motifs is 1. The van der Waals surface area contributed by atoms with Gasteiger partial charge in [-0.3, -0.25) is 4.21 Å². The molecule has 2 nitrogen and oxygen atoms in total. The molecule has 0 amide bonds. The average Bonchev–Trinajstić information content (AvgIpc) is 2.32. The van der Waals surface area contributed by atoms with Crippen molar-refractivity contribution in [1.29, 1.82) is 0 Å². The third-order valence-electron chi connectivity index (χ3n) is 2.39. The Morgan fingerprint density at radius 3 is 2.92 bits per heavy atom. The van der Waals surface area contributed by atoms with Crippen molar-refractivity contribution < 1.29 is 8.60 Å². The van der Waals surface area contributed by atoms with E-state index >= 15 is 0 Å². The van der Waals surface area contributed by atoms with Gasteiger partial charge in [0.1, 0.15) is 5.82 Å². The van der Waals surface area contributed by atoms with Crippen molar-refractivity contribution in [3.63, 3.8) is 0 Å². The highest BCUT2D eigenvalue weighted by molar-refractivity contribution is 7.86. The summed E-state index contributed by atoms with van der Waals surface area (Å²) in [6, 6.07) is 4.07. The number of benzene rings is 1. The SMILES string of the molecule is CC1C(N)c2ccc(F)cc2S1=O. The Balaban J connectivity index is 2.60. The van der Waals surface area contributed by atoms with Gasteiger partial charge in [-0.25, -0.2) is 4.39 Å². The van der Waals surface area contributed by atoms with Crippen LogP contribution in [0.15, 0.2) is 23.1 Å². The molecule has 1 aromatic carbocycles. The van der Waals surface area contributed by atoms with Crippen LogP contribution in [0.2, 0.25) is 0 Å². The molecule has 3 unspecified atom stereocenters. The summed E-state index contributed by atoms with van der Waals surface area (Å²) < 4.78 is 24.4. The molecule has 0 spiro atoms. The quantitative estimate of drug-likeness (QED) is 0.685. The fourth-order valence-electron chi connectivity index (χ4n) is 1.54. The van der Waals surface area contributed by atoms with Gasteiger partial charge in [0, 0.05) is 10.9 Å². The zero-order chi connectivity index (χ0) is 9.59. The molecule has 3 atom stereocenters. The predicted octanol–water partition coefficient (Wildman–Crippen LogP) is 1.34. The van der Waals surface area contributed by atoms with Crippen LogP contribution in [-0.4, -0.2) is 9.46 Å². The molecule has 2 N–H and O–H groups in total. The summed E-state index contributed by atoms with van der Waals surface area (Å²) in [6.07, 6.45) is 0. The minimum absolute atomic E-state index is 0.114. The molecule has 0 saturated heterocycles. The van der Waals surface area contributed by atoms with E-state index in [1.54, 1.807) is 6.07 Å². The summed E-state index contributed by atoms with van der Waals surface area (Å²) in [5.41, 5.74) is 6.63. The molecule has 1 aliphatic rings. The summed E-state index contributed by atoms with van der Waals surface area (Å²) >= 11 is 0. The van der Waals surface area contributed by atoms with Crippen LogP contribution in [0.5, 0.6) is 0 Å². The van der Waals surface area contributed by atoms with Gasteiger partial charge in [0.25, 0.3) is 0 Å². The number of halogens is 1. The lowest BCUT2D eigenvalue weighted by Crippen LogP contribution is -2.19. The highest BCUT2D eigenvalue weighted by Gasteiger charge is 2.33. The van der Waals surface area contributed by atoms with Crippen LogP contribution in [0.1, 0.15) is 18.5 Å². The predicted molar refractivity (Wildman–Crippen MR) is 49.2 cm³/mol. The van der Waals surface area contributed by atoms with Gasteiger partial charge in [0.2, 0.25) is 0 Å². The van der Waals surface area contributed by atoms with Gasteiger partial charge < -0.3 is 5.73 Å². The van der Waals surface area contributed by atoms with Crippen LogP contribution in [0, 0.1) is 5.82 Å². The van der Waals surface area contributed by atoms with Crippen molar-refractivity contribution >= 4 is 10.8 Å². The Labute approximate surface area is 78.4 Å². The topological polar surface area (TPSA) is 43.1 Å². The molecular formula is C9H10FNOS. The number of hydrogen-bond acceptors (Lipinski definition) is 2. The van der Waals surface area contributed by atoms with Crippen LogP contribution in [0.3, 0.4) is 0 Å². The summed E-state index contributed by atoms with van der Waals surface area (Å²) in [7, 11) is -1.15. The summed E-state index contributed by atoms with van der Waals surface area (Å²) in [4.78, 5) is 0.556. The standard InChI is InChI=1S/C9H10FNOS/c1-5-9(11)7-3-2-6(10)4-8(7)13(5)12/h2-5,9H,11H2,1H3. The normalized spacial score (nSPS) is 31.8. The van der Waals surface area contributed by atoms with Crippen molar-refractivity contribution in [2.45, 2.75) is 23.1 Å².